The topological polar surface area (TPSA) is 128 Å². The molecule has 0 unspecified atom stereocenters. The van der Waals surface area contributed by atoms with Crippen molar-refractivity contribution in [3.63, 3.8) is 0 Å². The van der Waals surface area contributed by atoms with Crippen molar-refractivity contribution in [3.05, 3.63) is 125 Å². The fourth-order valence-corrected chi connectivity index (χ4v) is 3.08. The van der Waals surface area contributed by atoms with Gasteiger partial charge in [0.2, 0.25) is 0 Å². The van der Waals surface area contributed by atoms with Gasteiger partial charge >= 0.3 is 21.1 Å². The van der Waals surface area contributed by atoms with Crippen LogP contribution in [-0.2, 0) is 21.1 Å². The van der Waals surface area contributed by atoms with Gasteiger partial charge in [0.05, 0.1) is 22.8 Å². The molecule has 5 heterocycles. The Kier molecular flexibility index (Phi) is 11.8. The van der Waals surface area contributed by atoms with Crippen LogP contribution < -0.4 is 0 Å². The van der Waals surface area contributed by atoms with E-state index >= 15 is 0 Å². The molecule has 0 radical (unpaired) electrons. The Morgan fingerprint density at radius 1 is 0.667 bits per heavy atom. The molecule has 0 aliphatic rings. The second kappa shape index (κ2) is 15.0. The minimum absolute atomic E-state index is 0. The SMILES string of the molecule is Clc1cc(-c2ccccn2)nc(-c2ccccn2)c1.O=[N+]([O-])O.[Pt+2].c1cc(-c2ccncc2)ccn1. The van der Waals surface area contributed by atoms with Gasteiger partial charge in [0.15, 0.2) is 0 Å². The molecule has 0 aliphatic heterocycles. The summed E-state index contributed by atoms with van der Waals surface area (Å²) in [5, 5.41) is 14.3. The maximum Gasteiger partial charge on any atom is 2.00 e. The monoisotopic (exact) mass is 681 g/mol. The number of rotatable bonds is 3. The van der Waals surface area contributed by atoms with Crippen LogP contribution in [0.15, 0.2) is 110 Å². The van der Waals surface area contributed by atoms with Crippen LogP contribution in [0.4, 0.5) is 0 Å². The summed E-state index contributed by atoms with van der Waals surface area (Å²) in [5.41, 5.74) is 5.42. The van der Waals surface area contributed by atoms with Crippen molar-refractivity contribution in [1.82, 2.24) is 24.9 Å². The molecule has 0 fully saturated rings. The predicted octanol–water partition coefficient (Wildman–Crippen LogP) is 5.65. The number of pyridine rings is 5. The van der Waals surface area contributed by atoms with Gasteiger partial charge in [-0.05, 0) is 71.8 Å². The van der Waals surface area contributed by atoms with Crippen molar-refractivity contribution in [2.45, 2.75) is 0 Å². The number of nitrogens with zero attached hydrogens (tertiary/aromatic N) is 6. The van der Waals surface area contributed by atoms with Crippen LogP contribution in [0.3, 0.4) is 0 Å². The van der Waals surface area contributed by atoms with Gasteiger partial charge in [-0.3, -0.25) is 19.9 Å². The Morgan fingerprint density at radius 2 is 1.06 bits per heavy atom. The van der Waals surface area contributed by atoms with Gasteiger partial charge in [-0.1, -0.05) is 23.7 Å². The molecule has 0 amide bonds. The Morgan fingerprint density at radius 3 is 1.39 bits per heavy atom. The largest absolute Gasteiger partial charge is 2.00 e. The predicted molar refractivity (Wildman–Crippen MR) is 132 cm³/mol. The van der Waals surface area contributed by atoms with Crippen LogP contribution in [0.5, 0.6) is 0 Å². The zero-order chi connectivity index (χ0) is 24.9. The molecule has 9 nitrogen and oxygen atoms in total. The molecule has 0 aliphatic carbocycles. The van der Waals surface area contributed by atoms with Crippen molar-refractivity contribution < 1.29 is 31.4 Å². The second-order valence-electron chi connectivity index (χ2n) is 6.70. The fraction of sp³-hybridized carbons (Fsp3) is 0. The molecule has 0 aromatic carbocycles. The first-order valence-electron chi connectivity index (χ1n) is 10.2. The van der Waals surface area contributed by atoms with Crippen LogP contribution in [0.1, 0.15) is 0 Å². The minimum Gasteiger partial charge on any atom is -0.328 e. The van der Waals surface area contributed by atoms with Crippen molar-refractivity contribution in [3.8, 4) is 33.9 Å². The molecule has 0 atom stereocenters. The van der Waals surface area contributed by atoms with Gasteiger partial charge in [0.1, 0.15) is 0 Å². The Bertz CT molecular complexity index is 1240. The van der Waals surface area contributed by atoms with Crippen LogP contribution in [0.2, 0.25) is 5.02 Å². The second-order valence-corrected chi connectivity index (χ2v) is 7.13. The quantitative estimate of drug-likeness (QED) is 0.191. The van der Waals surface area contributed by atoms with Crippen LogP contribution in [0.25, 0.3) is 33.9 Å². The summed E-state index contributed by atoms with van der Waals surface area (Å²) in [6, 6.07) is 22.9. The molecule has 0 spiro atoms. The molecule has 11 heteroatoms. The van der Waals surface area contributed by atoms with Crippen molar-refractivity contribution in [1.29, 1.82) is 0 Å². The molecular weight excluding hydrogens is 663 g/mol. The van der Waals surface area contributed by atoms with E-state index < -0.39 is 5.09 Å². The first kappa shape index (κ1) is 28.2. The zero-order valence-electron chi connectivity index (χ0n) is 18.5. The minimum atomic E-state index is -1.50. The molecule has 36 heavy (non-hydrogen) atoms. The average molecular weight is 682 g/mol. The van der Waals surface area contributed by atoms with E-state index in [4.69, 9.17) is 26.9 Å². The summed E-state index contributed by atoms with van der Waals surface area (Å²) in [6.45, 7) is 0. The molecule has 5 rings (SSSR count). The van der Waals surface area contributed by atoms with Crippen molar-refractivity contribution in [2.75, 3.05) is 0 Å². The summed E-state index contributed by atoms with van der Waals surface area (Å²) in [4.78, 5) is 29.4. The summed E-state index contributed by atoms with van der Waals surface area (Å²) in [6.07, 6.45) is 10.6. The van der Waals surface area contributed by atoms with Gasteiger partial charge in [-0.25, -0.2) is 4.98 Å². The van der Waals surface area contributed by atoms with E-state index in [1.807, 2.05) is 60.7 Å². The van der Waals surface area contributed by atoms with Gasteiger partial charge in [-0.15, -0.1) is 10.1 Å². The summed E-state index contributed by atoms with van der Waals surface area (Å²) in [7, 11) is 0. The Labute approximate surface area is 226 Å². The Balaban J connectivity index is 0.000000231. The summed E-state index contributed by atoms with van der Waals surface area (Å²) < 4.78 is 0. The van der Waals surface area contributed by atoms with E-state index in [1.54, 1.807) is 49.3 Å². The van der Waals surface area contributed by atoms with E-state index in [9.17, 15) is 0 Å². The first-order chi connectivity index (χ1) is 17.0. The third-order valence-electron chi connectivity index (χ3n) is 4.34. The van der Waals surface area contributed by atoms with Gasteiger partial charge in [-0.2, -0.15) is 0 Å². The number of hydrogen-bond acceptors (Lipinski definition) is 7. The number of halogens is 1. The number of hydrogen-bond donors (Lipinski definition) is 1. The molecular formula is C25H19ClN6O3Pt+2. The van der Waals surface area contributed by atoms with E-state index in [1.165, 1.54) is 11.1 Å². The maximum absolute atomic E-state index is 8.36. The van der Waals surface area contributed by atoms with Crippen LogP contribution in [0, 0.1) is 10.1 Å². The molecule has 0 saturated carbocycles. The summed E-state index contributed by atoms with van der Waals surface area (Å²) in [5.74, 6) is 0. The molecule has 0 bridgehead atoms. The third-order valence-corrected chi connectivity index (χ3v) is 4.56. The smallest absolute Gasteiger partial charge is 0.328 e. The zero-order valence-corrected chi connectivity index (χ0v) is 21.6. The first-order valence-corrected chi connectivity index (χ1v) is 10.5. The van der Waals surface area contributed by atoms with E-state index in [-0.39, 0.29) is 21.1 Å². The normalized spacial score (nSPS) is 9.36. The molecule has 182 valence electrons. The third kappa shape index (κ3) is 9.29. The van der Waals surface area contributed by atoms with E-state index in [0.29, 0.717) is 5.02 Å². The molecule has 5 aromatic heterocycles. The van der Waals surface area contributed by atoms with Gasteiger partial charge in [0.25, 0.3) is 5.09 Å². The standard InChI is InChI=1S/C15H10ClN3.C10H8N2.HNO3.Pt/c16-11-9-14(12-5-1-3-7-17-12)19-15(10-11)13-6-2-4-8-18-13;1-5-11-6-2-9(1)10-3-7-12-8-4-10;2-1(3)4;/h1-10H;1-8H;(H,2,3,4);/q;;;+2. The maximum atomic E-state index is 8.36. The number of aromatic nitrogens is 5. The van der Waals surface area contributed by atoms with Gasteiger partial charge in [0, 0.05) is 42.2 Å². The van der Waals surface area contributed by atoms with Crippen molar-refractivity contribution >= 4 is 11.6 Å². The molecule has 0 saturated heterocycles. The molecule has 1 N–H and O–H groups in total. The average Bonchev–Trinajstić information content (AvgIpc) is 2.90. The van der Waals surface area contributed by atoms with Crippen LogP contribution >= 0.6 is 11.6 Å². The van der Waals surface area contributed by atoms with Gasteiger partial charge < -0.3 is 5.21 Å². The van der Waals surface area contributed by atoms with Crippen LogP contribution in [-0.4, -0.2) is 35.2 Å². The molecule has 5 aromatic rings. The van der Waals surface area contributed by atoms with E-state index in [0.717, 1.165) is 22.8 Å². The summed E-state index contributed by atoms with van der Waals surface area (Å²) >= 11 is 6.15. The fourth-order valence-electron chi connectivity index (χ4n) is 2.88. The van der Waals surface area contributed by atoms with Crippen molar-refractivity contribution in [2.24, 2.45) is 0 Å². The van der Waals surface area contributed by atoms with E-state index in [2.05, 4.69) is 24.9 Å². The Hall–Kier alpha value is -4.07.